The van der Waals surface area contributed by atoms with Gasteiger partial charge in [0.15, 0.2) is 0 Å². The largest absolute Gasteiger partial charge is 0.350 e. The SMILES string of the molecule is CCC(CNC(=O)c1ccc(N2C(=O)CSC2c2ccc(F)cc2)c(C)c1)N(C)C. The topological polar surface area (TPSA) is 52.7 Å². The van der Waals surface area contributed by atoms with Crippen LogP contribution in [-0.4, -0.2) is 49.1 Å². The summed E-state index contributed by atoms with van der Waals surface area (Å²) in [6, 6.07) is 11.9. The van der Waals surface area contributed by atoms with E-state index in [1.165, 1.54) is 23.9 Å². The van der Waals surface area contributed by atoms with Gasteiger partial charge < -0.3 is 10.2 Å². The van der Waals surface area contributed by atoms with Crippen molar-refractivity contribution in [2.24, 2.45) is 0 Å². The summed E-state index contributed by atoms with van der Waals surface area (Å²) >= 11 is 1.52. The molecular formula is C23H28FN3O2S. The van der Waals surface area contributed by atoms with Gasteiger partial charge in [-0.3, -0.25) is 14.5 Å². The maximum absolute atomic E-state index is 13.3. The lowest BCUT2D eigenvalue weighted by Crippen LogP contribution is -2.39. The highest BCUT2D eigenvalue weighted by molar-refractivity contribution is 8.00. The number of rotatable bonds is 7. The summed E-state index contributed by atoms with van der Waals surface area (Å²) < 4.78 is 13.3. The Morgan fingerprint density at radius 1 is 1.27 bits per heavy atom. The molecule has 2 amide bonds. The smallest absolute Gasteiger partial charge is 0.251 e. The molecule has 5 nitrogen and oxygen atoms in total. The van der Waals surface area contributed by atoms with E-state index in [9.17, 15) is 14.0 Å². The molecule has 7 heteroatoms. The molecule has 1 fully saturated rings. The van der Waals surface area contributed by atoms with Gasteiger partial charge in [-0.05, 0) is 68.9 Å². The molecule has 0 aliphatic carbocycles. The molecule has 0 radical (unpaired) electrons. The van der Waals surface area contributed by atoms with E-state index >= 15 is 0 Å². The first kappa shape index (κ1) is 22.3. The highest BCUT2D eigenvalue weighted by Gasteiger charge is 2.35. The number of carbonyl (C=O) groups excluding carboxylic acids is 2. The van der Waals surface area contributed by atoms with Crippen molar-refractivity contribution in [3.8, 4) is 0 Å². The van der Waals surface area contributed by atoms with Crippen molar-refractivity contribution in [3.05, 3.63) is 65.0 Å². The van der Waals surface area contributed by atoms with E-state index in [0.717, 1.165) is 23.2 Å². The van der Waals surface area contributed by atoms with Crippen molar-refractivity contribution in [3.63, 3.8) is 0 Å². The molecule has 1 aliphatic rings. The first-order valence-electron chi connectivity index (χ1n) is 10.1. The lowest BCUT2D eigenvalue weighted by atomic mass is 10.1. The van der Waals surface area contributed by atoms with E-state index < -0.39 is 0 Å². The highest BCUT2D eigenvalue weighted by atomic mass is 32.2. The van der Waals surface area contributed by atoms with Crippen LogP contribution in [-0.2, 0) is 4.79 Å². The highest BCUT2D eigenvalue weighted by Crippen LogP contribution is 2.42. The number of hydrogen-bond acceptors (Lipinski definition) is 4. The van der Waals surface area contributed by atoms with Crippen LogP contribution < -0.4 is 10.2 Å². The summed E-state index contributed by atoms with van der Waals surface area (Å²) in [6.45, 7) is 4.58. The summed E-state index contributed by atoms with van der Waals surface area (Å²) in [7, 11) is 4.00. The van der Waals surface area contributed by atoms with Crippen LogP contribution in [0.5, 0.6) is 0 Å². The van der Waals surface area contributed by atoms with Crippen LogP contribution >= 0.6 is 11.8 Å². The summed E-state index contributed by atoms with van der Waals surface area (Å²) in [5.74, 6) is -0.0496. The zero-order valence-corrected chi connectivity index (χ0v) is 18.6. The molecular weight excluding hydrogens is 401 g/mol. The third-order valence-corrected chi connectivity index (χ3v) is 6.65. The van der Waals surface area contributed by atoms with Gasteiger partial charge in [0.1, 0.15) is 11.2 Å². The summed E-state index contributed by atoms with van der Waals surface area (Å²) in [5.41, 5.74) is 3.08. The van der Waals surface area contributed by atoms with Crippen LogP contribution in [0.4, 0.5) is 10.1 Å². The molecule has 0 saturated carbocycles. The predicted molar refractivity (Wildman–Crippen MR) is 120 cm³/mol. The summed E-state index contributed by atoms with van der Waals surface area (Å²) in [5, 5.41) is 2.79. The van der Waals surface area contributed by atoms with Gasteiger partial charge in [-0.2, -0.15) is 0 Å². The molecule has 1 N–H and O–H groups in total. The van der Waals surface area contributed by atoms with Crippen molar-refractivity contribution in [1.29, 1.82) is 0 Å². The molecule has 1 aliphatic heterocycles. The number of nitrogens with zero attached hydrogens (tertiary/aromatic N) is 2. The van der Waals surface area contributed by atoms with Crippen molar-refractivity contribution < 1.29 is 14.0 Å². The number of anilines is 1. The minimum Gasteiger partial charge on any atom is -0.350 e. The quantitative estimate of drug-likeness (QED) is 0.723. The fourth-order valence-corrected chi connectivity index (χ4v) is 4.80. The average Bonchev–Trinajstić information content (AvgIpc) is 3.09. The van der Waals surface area contributed by atoms with Crippen LogP contribution in [0.3, 0.4) is 0 Å². The standard InChI is InChI=1S/C23H28FN3O2S/c1-5-19(26(3)4)13-25-22(29)17-8-11-20(15(2)12-17)27-21(28)14-30-23(27)16-6-9-18(24)10-7-16/h6-12,19,23H,5,13-14H2,1-4H3,(H,25,29). The normalized spacial score (nSPS) is 17.5. The van der Waals surface area contributed by atoms with E-state index in [1.54, 1.807) is 23.1 Å². The first-order chi connectivity index (χ1) is 14.3. The van der Waals surface area contributed by atoms with E-state index in [-0.39, 0.29) is 29.0 Å². The number of benzene rings is 2. The van der Waals surface area contributed by atoms with Gasteiger partial charge >= 0.3 is 0 Å². The minimum atomic E-state index is -0.300. The first-order valence-corrected chi connectivity index (χ1v) is 11.1. The Labute approximate surface area is 181 Å². The van der Waals surface area contributed by atoms with Gasteiger partial charge in [-0.15, -0.1) is 11.8 Å². The van der Waals surface area contributed by atoms with Crippen LogP contribution in [0.2, 0.25) is 0 Å². The minimum absolute atomic E-state index is 0.00592. The number of hydrogen-bond donors (Lipinski definition) is 1. The Balaban J connectivity index is 1.79. The molecule has 0 aromatic heterocycles. The zero-order valence-electron chi connectivity index (χ0n) is 17.8. The second-order valence-electron chi connectivity index (χ2n) is 7.72. The molecule has 0 bridgehead atoms. The molecule has 1 saturated heterocycles. The molecule has 2 aromatic rings. The molecule has 1 heterocycles. The predicted octanol–water partition coefficient (Wildman–Crippen LogP) is 3.98. The number of amides is 2. The van der Waals surface area contributed by atoms with Crippen LogP contribution in [0.1, 0.15) is 40.2 Å². The van der Waals surface area contributed by atoms with Crippen LogP contribution in [0.15, 0.2) is 42.5 Å². The number of nitrogens with one attached hydrogen (secondary N) is 1. The zero-order chi connectivity index (χ0) is 21.8. The van der Waals surface area contributed by atoms with Crippen LogP contribution in [0, 0.1) is 12.7 Å². The van der Waals surface area contributed by atoms with Gasteiger partial charge in [0, 0.05) is 23.8 Å². The fourth-order valence-electron chi connectivity index (χ4n) is 3.63. The third kappa shape index (κ3) is 4.84. The van der Waals surface area contributed by atoms with Crippen molar-refractivity contribution in [2.45, 2.75) is 31.7 Å². The van der Waals surface area contributed by atoms with Crippen molar-refractivity contribution in [1.82, 2.24) is 10.2 Å². The van der Waals surface area contributed by atoms with E-state index in [2.05, 4.69) is 17.1 Å². The number of thioether (sulfide) groups is 1. The van der Waals surface area contributed by atoms with Gasteiger partial charge in [0.05, 0.1) is 5.75 Å². The van der Waals surface area contributed by atoms with Crippen molar-refractivity contribution in [2.75, 3.05) is 31.3 Å². The Hall–Kier alpha value is -2.38. The monoisotopic (exact) mass is 429 g/mol. The van der Waals surface area contributed by atoms with E-state index in [1.807, 2.05) is 33.2 Å². The lowest BCUT2D eigenvalue weighted by Gasteiger charge is -2.26. The molecule has 3 rings (SSSR count). The lowest BCUT2D eigenvalue weighted by molar-refractivity contribution is -0.115. The maximum atomic E-state index is 13.3. The molecule has 2 atom stereocenters. The average molecular weight is 430 g/mol. The van der Waals surface area contributed by atoms with Gasteiger partial charge in [-0.25, -0.2) is 4.39 Å². The van der Waals surface area contributed by atoms with Gasteiger partial charge in [-0.1, -0.05) is 19.1 Å². The second kappa shape index (κ2) is 9.62. The molecule has 2 unspecified atom stereocenters. The van der Waals surface area contributed by atoms with E-state index in [0.29, 0.717) is 17.9 Å². The fraction of sp³-hybridized carbons (Fsp3) is 0.391. The maximum Gasteiger partial charge on any atom is 0.251 e. The molecule has 30 heavy (non-hydrogen) atoms. The van der Waals surface area contributed by atoms with E-state index in [4.69, 9.17) is 0 Å². The Bertz CT molecular complexity index is 917. The Morgan fingerprint density at radius 3 is 2.57 bits per heavy atom. The van der Waals surface area contributed by atoms with Crippen LogP contribution in [0.25, 0.3) is 0 Å². The molecule has 2 aromatic carbocycles. The summed E-state index contributed by atoms with van der Waals surface area (Å²) in [4.78, 5) is 29.1. The third-order valence-electron chi connectivity index (χ3n) is 5.44. The number of carbonyl (C=O) groups is 2. The Morgan fingerprint density at radius 2 is 1.97 bits per heavy atom. The number of aryl methyl sites for hydroxylation is 1. The molecule has 0 spiro atoms. The molecule has 160 valence electrons. The number of halogens is 1. The van der Waals surface area contributed by atoms with Crippen molar-refractivity contribution >= 4 is 29.3 Å². The summed E-state index contributed by atoms with van der Waals surface area (Å²) in [6.07, 6.45) is 0.949. The Kier molecular flexibility index (Phi) is 7.15. The van der Waals surface area contributed by atoms with Gasteiger partial charge in [0.25, 0.3) is 5.91 Å². The number of likely N-dealkylation sites (N-methyl/N-ethyl adjacent to an activating group) is 1. The van der Waals surface area contributed by atoms with Gasteiger partial charge in [0.2, 0.25) is 5.91 Å². The second-order valence-corrected chi connectivity index (χ2v) is 8.78.